The molecule has 0 spiro atoms. The third-order valence-corrected chi connectivity index (χ3v) is 4.77. The fourth-order valence-corrected chi connectivity index (χ4v) is 3.52. The van der Waals surface area contributed by atoms with Gasteiger partial charge in [0.15, 0.2) is 5.16 Å². The van der Waals surface area contributed by atoms with Crippen molar-refractivity contribution in [2.24, 2.45) is 0 Å². The smallest absolute Gasteiger partial charge is 0.262 e. The number of carbonyl (C=O) groups is 1. The quantitative estimate of drug-likeness (QED) is 0.605. The van der Waals surface area contributed by atoms with Gasteiger partial charge in [0.25, 0.3) is 5.56 Å². The number of fused-ring (bicyclic) bond motifs is 1. The van der Waals surface area contributed by atoms with E-state index in [0.29, 0.717) is 21.9 Å². The van der Waals surface area contributed by atoms with Crippen molar-refractivity contribution in [2.75, 3.05) is 5.75 Å². The summed E-state index contributed by atoms with van der Waals surface area (Å²) in [5, 5.41) is 11.6. The third-order valence-electron chi connectivity index (χ3n) is 2.65. The first-order chi connectivity index (χ1) is 9.06. The Balaban J connectivity index is 2.56. The highest BCUT2D eigenvalue weighted by molar-refractivity contribution is 7.99. The molecule has 19 heavy (non-hydrogen) atoms. The Labute approximate surface area is 118 Å². The van der Waals surface area contributed by atoms with Gasteiger partial charge in [-0.05, 0) is 19.4 Å². The number of aliphatic carboxylic acids is 1. The normalized spacial score (nSPS) is 11.1. The first kappa shape index (κ1) is 14.1. The molecule has 0 N–H and O–H groups in total. The molecule has 0 aromatic carbocycles. The molecule has 102 valence electrons. The van der Waals surface area contributed by atoms with Crippen LogP contribution in [0.15, 0.2) is 16.0 Å². The minimum Gasteiger partial charge on any atom is -0.549 e. The molecule has 7 heteroatoms. The first-order valence-corrected chi connectivity index (χ1v) is 7.72. The van der Waals surface area contributed by atoms with Crippen LogP contribution in [0.25, 0.3) is 10.2 Å². The summed E-state index contributed by atoms with van der Waals surface area (Å²) in [6.07, 6.45) is 0.855. The van der Waals surface area contributed by atoms with Gasteiger partial charge in [-0.3, -0.25) is 9.36 Å². The van der Waals surface area contributed by atoms with Crippen LogP contribution in [0.1, 0.15) is 18.7 Å². The number of carboxylic acid groups (broad SMARTS) is 1. The summed E-state index contributed by atoms with van der Waals surface area (Å²) in [6.45, 7) is 4.33. The van der Waals surface area contributed by atoms with Gasteiger partial charge < -0.3 is 9.90 Å². The second-order valence-corrected chi connectivity index (χ2v) is 5.95. The van der Waals surface area contributed by atoms with Crippen LogP contribution in [-0.4, -0.2) is 21.3 Å². The van der Waals surface area contributed by atoms with Crippen molar-refractivity contribution in [1.29, 1.82) is 0 Å². The highest BCUT2D eigenvalue weighted by Gasteiger charge is 2.13. The van der Waals surface area contributed by atoms with E-state index in [-0.39, 0.29) is 11.3 Å². The average molecular weight is 297 g/mol. The van der Waals surface area contributed by atoms with E-state index >= 15 is 0 Å². The van der Waals surface area contributed by atoms with Crippen LogP contribution < -0.4 is 10.7 Å². The van der Waals surface area contributed by atoms with Gasteiger partial charge in [-0.25, -0.2) is 4.98 Å². The van der Waals surface area contributed by atoms with Crippen LogP contribution in [0.3, 0.4) is 0 Å². The van der Waals surface area contributed by atoms with Gasteiger partial charge in [-0.15, -0.1) is 11.3 Å². The summed E-state index contributed by atoms with van der Waals surface area (Å²) in [4.78, 5) is 29.0. The predicted molar refractivity (Wildman–Crippen MR) is 74.7 cm³/mol. The first-order valence-electron chi connectivity index (χ1n) is 5.92. The molecule has 0 bridgehead atoms. The maximum atomic E-state index is 12.3. The van der Waals surface area contributed by atoms with E-state index in [9.17, 15) is 14.7 Å². The fourth-order valence-electron chi connectivity index (χ4n) is 1.73. The van der Waals surface area contributed by atoms with Crippen molar-refractivity contribution >= 4 is 39.3 Å². The summed E-state index contributed by atoms with van der Waals surface area (Å²) in [6, 6.07) is 1.87. The Bertz CT molecular complexity index is 675. The van der Waals surface area contributed by atoms with Crippen molar-refractivity contribution < 1.29 is 9.90 Å². The SMILES string of the molecule is CCc1cc2c(=O)n(CC)c(SCC(=O)[O-])nc2s1. The largest absolute Gasteiger partial charge is 0.549 e. The molecule has 0 saturated heterocycles. The van der Waals surface area contributed by atoms with Crippen molar-refractivity contribution in [3.63, 3.8) is 0 Å². The number of thioether (sulfide) groups is 1. The second kappa shape index (κ2) is 5.75. The molecule has 0 aliphatic carbocycles. The lowest BCUT2D eigenvalue weighted by Gasteiger charge is -2.09. The third kappa shape index (κ3) is 2.82. The zero-order chi connectivity index (χ0) is 14.0. The Morgan fingerprint density at radius 2 is 2.26 bits per heavy atom. The molecular weight excluding hydrogens is 284 g/mol. The lowest BCUT2D eigenvalue weighted by molar-refractivity contribution is -0.301. The average Bonchev–Trinajstić information content (AvgIpc) is 2.79. The summed E-state index contributed by atoms with van der Waals surface area (Å²) < 4.78 is 1.50. The van der Waals surface area contributed by atoms with E-state index in [4.69, 9.17) is 0 Å². The van der Waals surface area contributed by atoms with Gasteiger partial charge in [0.05, 0.1) is 11.4 Å². The molecule has 2 rings (SSSR count). The highest BCUT2D eigenvalue weighted by Crippen LogP contribution is 2.24. The standard InChI is InChI=1S/C12H14N2O3S2/c1-3-7-5-8-10(19-7)13-12(18-6-9(15)16)14(4-2)11(8)17/h5H,3-4,6H2,1-2H3,(H,15,16)/p-1. The van der Waals surface area contributed by atoms with Gasteiger partial charge in [-0.1, -0.05) is 18.7 Å². The van der Waals surface area contributed by atoms with E-state index in [1.165, 1.54) is 15.9 Å². The van der Waals surface area contributed by atoms with E-state index in [0.717, 1.165) is 23.1 Å². The summed E-state index contributed by atoms with van der Waals surface area (Å²) in [5.74, 6) is -1.37. The Hall–Kier alpha value is -1.34. The summed E-state index contributed by atoms with van der Waals surface area (Å²) in [7, 11) is 0. The number of hydrogen-bond donors (Lipinski definition) is 0. The number of hydrogen-bond acceptors (Lipinski definition) is 6. The molecule has 2 heterocycles. The van der Waals surface area contributed by atoms with Crippen LogP contribution in [0.2, 0.25) is 0 Å². The number of rotatable bonds is 5. The maximum absolute atomic E-state index is 12.3. The van der Waals surface area contributed by atoms with Crippen molar-refractivity contribution in [3.8, 4) is 0 Å². The fraction of sp³-hybridized carbons (Fsp3) is 0.417. The Kier molecular flexibility index (Phi) is 4.26. The van der Waals surface area contributed by atoms with Gasteiger partial charge in [-0.2, -0.15) is 0 Å². The molecule has 5 nitrogen and oxygen atoms in total. The molecule has 0 atom stereocenters. The van der Waals surface area contributed by atoms with E-state index in [2.05, 4.69) is 4.98 Å². The second-order valence-electron chi connectivity index (χ2n) is 3.89. The van der Waals surface area contributed by atoms with Gasteiger partial charge in [0.1, 0.15) is 4.83 Å². The molecule has 0 aliphatic rings. The molecule has 0 amide bonds. The van der Waals surface area contributed by atoms with Crippen molar-refractivity contribution in [1.82, 2.24) is 9.55 Å². The van der Waals surface area contributed by atoms with Crippen molar-refractivity contribution in [3.05, 3.63) is 21.3 Å². The maximum Gasteiger partial charge on any atom is 0.262 e. The molecular formula is C12H13N2O3S2-. The monoisotopic (exact) mass is 297 g/mol. The molecule has 0 fully saturated rings. The highest BCUT2D eigenvalue weighted by atomic mass is 32.2. The number of aryl methyl sites for hydroxylation is 1. The predicted octanol–water partition coefficient (Wildman–Crippen LogP) is 0.882. The van der Waals surface area contributed by atoms with Gasteiger partial charge in [0, 0.05) is 17.2 Å². The van der Waals surface area contributed by atoms with Crippen molar-refractivity contribution in [2.45, 2.75) is 32.0 Å². The number of carbonyl (C=O) groups excluding carboxylic acids is 1. The minimum absolute atomic E-state index is 0.107. The molecule has 0 aliphatic heterocycles. The molecule has 0 radical (unpaired) electrons. The minimum atomic E-state index is -1.16. The zero-order valence-corrected chi connectivity index (χ0v) is 12.3. The molecule has 2 aromatic rings. The van der Waals surface area contributed by atoms with Crippen LogP contribution in [0.5, 0.6) is 0 Å². The number of nitrogens with zero attached hydrogens (tertiary/aromatic N) is 2. The summed E-state index contributed by atoms with van der Waals surface area (Å²) in [5.41, 5.74) is -0.107. The number of aromatic nitrogens is 2. The van der Waals surface area contributed by atoms with E-state index in [1.807, 2.05) is 19.9 Å². The molecule has 2 aromatic heterocycles. The lowest BCUT2D eigenvalue weighted by Crippen LogP contribution is -2.26. The molecule has 0 unspecified atom stereocenters. The topological polar surface area (TPSA) is 75.0 Å². The van der Waals surface area contributed by atoms with E-state index in [1.54, 1.807) is 0 Å². The molecule has 0 saturated carbocycles. The van der Waals surface area contributed by atoms with E-state index < -0.39 is 5.97 Å². The van der Waals surface area contributed by atoms with Crippen LogP contribution >= 0.6 is 23.1 Å². The lowest BCUT2D eigenvalue weighted by atomic mass is 10.3. The zero-order valence-electron chi connectivity index (χ0n) is 10.6. The van der Waals surface area contributed by atoms with Crippen LogP contribution in [0.4, 0.5) is 0 Å². The number of thiophene rings is 1. The van der Waals surface area contributed by atoms with Crippen LogP contribution in [-0.2, 0) is 17.8 Å². The van der Waals surface area contributed by atoms with Gasteiger partial charge >= 0.3 is 0 Å². The van der Waals surface area contributed by atoms with Crippen LogP contribution in [0, 0.1) is 0 Å². The Morgan fingerprint density at radius 3 is 2.84 bits per heavy atom. The van der Waals surface area contributed by atoms with Gasteiger partial charge in [0.2, 0.25) is 0 Å². The summed E-state index contributed by atoms with van der Waals surface area (Å²) >= 11 is 2.50. The number of carboxylic acids is 1. The Morgan fingerprint density at radius 1 is 1.53 bits per heavy atom.